The number of hydrogen-bond acceptors (Lipinski definition) is 3. The second-order valence-corrected chi connectivity index (χ2v) is 6.86. The van der Waals surface area contributed by atoms with E-state index in [2.05, 4.69) is 31.7 Å². The van der Waals surface area contributed by atoms with E-state index in [0.717, 1.165) is 17.3 Å². The fraction of sp³-hybridized carbons (Fsp3) is 0.353. The molecule has 1 aromatic carbocycles. The quantitative estimate of drug-likeness (QED) is 0.823. The van der Waals surface area contributed by atoms with Crippen LogP contribution in [0.1, 0.15) is 36.0 Å². The number of carbonyl (C=O) groups is 2. The van der Waals surface area contributed by atoms with Gasteiger partial charge in [0.05, 0.1) is 11.9 Å². The molecule has 24 heavy (non-hydrogen) atoms. The molecule has 0 radical (unpaired) electrons. The third-order valence-electron chi connectivity index (χ3n) is 4.00. The molecule has 1 saturated carbocycles. The third-order valence-corrected chi connectivity index (χ3v) is 4.50. The van der Waals surface area contributed by atoms with Crippen molar-refractivity contribution in [2.45, 2.75) is 38.3 Å². The Morgan fingerprint density at radius 2 is 2.08 bits per heavy atom. The highest BCUT2D eigenvalue weighted by Gasteiger charge is 2.17. The van der Waals surface area contributed by atoms with Gasteiger partial charge < -0.3 is 10.6 Å². The summed E-state index contributed by atoms with van der Waals surface area (Å²) < 4.78 is 2.37. The molecule has 0 saturated heterocycles. The first-order valence-corrected chi connectivity index (χ1v) is 8.78. The summed E-state index contributed by atoms with van der Waals surface area (Å²) in [5.41, 5.74) is 1.12. The van der Waals surface area contributed by atoms with Crippen LogP contribution in [0.2, 0.25) is 0 Å². The number of aromatic nitrogens is 2. The highest BCUT2D eigenvalue weighted by Crippen LogP contribution is 2.17. The van der Waals surface area contributed by atoms with E-state index in [1.807, 2.05) is 6.07 Å². The minimum atomic E-state index is -0.216. The molecule has 1 aliphatic carbocycles. The van der Waals surface area contributed by atoms with E-state index in [1.165, 1.54) is 17.5 Å². The van der Waals surface area contributed by atoms with Crippen molar-refractivity contribution in [1.29, 1.82) is 0 Å². The van der Waals surface area contributed by atoms with Crippen LogP contribution in [-0.2, 0) is 11.3 Å². The number of halogens is 1. The number of nitrogens with one attached hydrogen (secondary N) is 2. The fourth-order valence-corrected chi connectivity index (χ4v) is 3.24. The smallest absolute Gasteiger partial charge is 0.255 e. The molecule has 2 amide bonds. The van der Waals surface area contributed by atoms with Crippen molar-refractivity contribution in [3.63, 3.8) is 0 Å². The summed E-state index contributed by atoms with van der Waals surface area (Å²) in [5.74, 6) is -0.263. The second-order valence-electron chi connectivity index (χ2n) is 5.94. The lowest BCUT2D eigenvalue weighted by atomic mass is 10.2. The minimum absolute atomic E-state index is 0.0464. The molecule has 3 rings (SSSR count). The predicted molar refractivity (Wildman–Crippen MR) is 94.7 cm³/mol. The second kappa shape index (κ2) is 7.61. The molecule has 0 unspecified atom stereocenters. The van der Waals surface area contributed by atoms with Gasteiger partial charge in [0.15, 0.2) is 0 Å². The van der Waals surface area contributed by atoms with Crippen LogP contribution in [0.5, 0.6) is 0 Å². The van der Waals surface area contributed by atoms with Crippen molar-refractivity contribution in [3.05, 3.63) is 46.7 Å². The number of amides is 2. The SMILES string of the molecule is O=C(Cn1cc(NC(=O)c2cccc(Br)c2)cn1)NC1CCCC1. The van der Waals surface area contributed by atoms with Gasteiger partial charge in [-0.1, -0.05) is 34.8 Å². The van der Waals surface area contributed by atoms with E-state index in [9.17, 15) is 9.59 Å². The molecule has 0 atom stereocenters. The maximum Gasteiger partial charge on any atom is 0.255 e. The zero-order valence-electron chi connectivity index (χ0n) is 13.2. The van der Waals surface area contributed by atoms with E-state index in [4.69, 9.17) is 0 Å². The first-order valence-electron chi connectivity index (χ1n) is 7.99. The Labute approximate surface area is 148 Å². The van der Waals surface area contributed by atoms with E-state index in [-0.39, 0.29) is 18.4 Å². The van der Waals surface area contributed by atoms with Gasteiger partial charge in [-0.25, -0.2) is 0 Å². The predicted octanol–water partition coefficient (Wildman–Crippen LogP) is 2.96. The van der Waals surface area contributed by atoms with Gasteiger partial charge in [-0.05, 0) is 31.0 Å². The summed E-state index contributed by atoms with van der Waals surface area (Å²) in [6, 6.07) is 7.44. The summed E-state index contributed by atoms with van der Waals surface area (Å²) >= 11 is 3.34. The van der Waals surface area contributed by atoms with Gasteiger partial charge in [-0.2, -0.15) is 5.10 Å². The number of rotatable bonds is 5. The summed E-state index contributed by atoms with van der Waals surface area (Å²) in [4.78, 5) is 24.2. The topological polar surface area (TPSA) is 76.0 Å². The summed E-state index contributed by atoms with van der Waals surface area (Å²) in [6.07, 6.45) is 7.66. The highest BCUT2D eigenvalue weighted by atomic mass is 79.9. The minimum Gasteiger partial charge on any atom is -0.352 e. The molecular formula is C17H19BrN4O2. The standard InChI is InChI=1S/C17H19BrN4O2/c18-13-5-3-4-12(8-13)17(24)21-15-9-19-22(10-15)11-16(23)20-14-6-1-2-7-14/h3-5,8-10,14H,1-2,6-7,11H2,(H,20,23)(H,21,24). The molecule has 6 nitrogen and oxygen atoms in total. The normalized spacial score (nSPS) is 14.5. The van der Waals surface area contributed by atoms with Crippen molar-refractivity contribution < 1.29 is 9.59 Å². The number of carbonyl (C=O) groups excluding carboxylic acids is 2. The summed E-state index contributed by atoms with van der Waals surface area (Å²) in [7, 11) is 0. The van der Waals surface area contributed by atoms with Crippen molar-refractivity contribution in [2.75, 3.05) is 5.32 Å². The molecule has 0 aliphatic heterocycles. The zero-order chi connectivity index (χ0) is 16.9. The van der Waals surface area contributed by atoms with E-state index in [1.54, 1.807) is 30.6 Å². The van der Waals surface area contributed by atoms with Gasteiger partial charge in [0.1, 0.15) is 6.54 Å². The molecule has 1 aliphatic rings. The van der Waals surface area contributed by atoms with Crippen molar-refractivity contribution in [1.82, 2.24) is 15.1 Å². The molecule has 1 heterocycles. The Hall–Kier alpha value is -2.15. The lowest BCUT2D eigenvalue weighted by Crippen LogP contribution is -2.35. The molecule has 126 valence electrons. The van der Waals surface area contributed by atoms with Gasteiger partial charge in [-0.3, -0.25) is 14.3 Å². The van der Waals surface area contributed by atoms with E-state index < -0.39 is 0 Å². The number of benzene rings is 1. The van der Waals surface area contributed by atoms with Gasteiger partial charge in [0, 0.05) is 22.3 Å². The monoisotopic (exact) mass is 390 g/mol. The van der Waals surface area contributed by atoms with Crippen molar-refractivity contribution >= 4 is 33.4 Å². The van der Waals surface area contributed by atoms with Crippen LogP contribution in [0, 0.1) is 0 Å². The lowest BCUT2D eigenvalue weighted by molar-refractivity contribution is -0.122. The largest absolute Gasteiger partial charge is 0.352 e. The van der Waals surface area contributed by atoms with Gasteiger partial charge in [-0.15, -0.1) is 0 Å². The average Bonchev–Trinajstić information content (AvgIpc) is 3.19. The summed E-state index contributed by atoms with van der Waals surface area (Å²) in [5, 5.41) is 9.92. The van der Waals surface area contributed by atoms with Gasteiger partial charge in [0.2, 0.25) is 5.91 Å². The zero-order valence-corrected chi connectivity index (χ0v) is 14.8. The first-order chi connectivity index (χ1) is 11.6. The maximum atomic E-state index is 12.2. The fourth-order valence-electron chi connectivity index (χ4n) is 2.84. The number of hydrogen-bond donors (Lipinski definition) is 2. The van der Waals surface area contributed by atoms with E-state index in [0.29, 0.717) is 17.3 Å². The number of anilines is 1. The molecule has 0 bridgehead atoms. The molecule has 0 spiro atoms. The third kappa shape index (κ3) is 4.44. The number of nitrogens with zero attached hydrogens (tertiary/aromatic N) is 2. The van der Waals surface area contributed by atoms with Crippen LogP contribution >= 0.6 is 15.9 Å². The first kappa shape index (κ1) is 16.7. The lowest BCUT2D eigenvalue weighted by Gasteiger charge is -2.11. The Kier molecular flexibility index (Phi) is 5.30. The molecular weight excluding hydrogens is 372 g/mol. The highest BCUT2D eigenvalue weighted by molar-refractivity contribution is 9.10. The average molecular weight is 391 g/mol. The van der Waals surface area contributed by atoms with Crippen LogP contribution in [-0.4, -0.2) is 27.6 Å². The molecule has 7 heteroatoms. The van der Waals surface area contributed by atoms with Crippen LogP contribution in [0.4, 0.5) is 5.69 Å². The van der Waals surface area contributed by atoms with E-state index >= 15 is 0 Å². The molecule has 1 fully saturated rings. The van der Waals surface area contributed by atoms with Crippen LogP contribution in [0.3, 0.4) is 0 Å². The Morgan fingerprint density at radius 1 is 1.29 bits per heavy atom. The van der Waals surface area contributed by atoms with Crippen molar-refractivity contribution in [3.8, 4) is 0 Å². The Bertz CT molecular complexity index is 738. The van der Waals surface area contributed by atoms with Crippen LogP contribution in [0.25, 0.3) is 0 Å². The van der Waals surface area contributed by atoms with Crippen LogP contribution < -0.4 is 10.6 Å². The van der Waals surface area contributed by atoms with Gasteiger partial charge in [0.25, 0.3) is 5.91 Å². The molecule has 1 aromatic heterocycles. The Morgan fingerprint density at radius 3 is 2.83 bits per heavy atom. The molecule has 2 aromatic rings. The van der Waals surface area contributed by atoms with Crippen molar-refractivity contribution in [2.24, 2.45) is 0 Å². The summed E-state index contributed by atoms with van der Waals surface area (Å²) in [6.45, 7) is 0.156. The Balaban J connectivity index is 1.55. The maximum absolute atomic E-state index is 12.2. The van der Waals surface area contributed by atoms with Gasteiger partial charge >= 0.3 is 0 Å². The molecule has 2 N–H and O–H groups in total. The van der Waals surface area contributed by atoms with Crippen LogP contribution in [0.15, 0.2) is 41.1 Å².